The van der Waals surface area contributed by atoms with E-state index in [-0.39, 0.29) is 25.0 Å². The summed E-state index contributed by atoms with van der Waals surface area (Å²) in [5.74, 6) is 1.74. The highest BCUT2D eigenvalue weighted by atomic mass is 16.5. The van der Waals surface area contributed by atoms with E-state index in [1.165, 1.54) is 11.1 Å². The average Bonchev–Trinajstić information content (AvgIpc) is 2.74. The first-order valence-electron chi connectivity index (χ1n) is 10.3. The van der Waals surface area contributed by atoms with Gasteiger partial charge in [0, 0.05) is 13.1 Å². The lowest BCUT2D eigenvalue weighted by Gasteiger charge is -2.11. The fraction of sp³-hybridized carbons (Fsp3) is 0.417. The van der Waals surface area contributed by atoms with Crippen molar-refractivity contribution in [3.05, 3.63) is 59.7 Å². The normalized spacial score (nSPS) is 10.7. The predicted molar refractivity (Wildman–Crippen MR) is 118 cm³/mol. The van der Waals surface area contributed by atoms with Crippen LogP contribution in [-0.2, 0) is 9.59 Å². The molecular weight excluding hydrogens is 380 g/mol. The summed E-state index contributed by atoms with van der Waals surface area (Å²) < 4.78 is 10.9. The number of carbonyl (C=O) groups is 2. The minimum atomic E-state index is -0.237. The highest BCUT2D eigenvalue weighted by molar-refractivity contribution is 5.78. The molecule has 2 amide bonds. The van der Waals surface area contributed by atoms with Crippen molar-refractivity contribution in [2.24, 2.45) is 0 Å². The van der Waals surface area contributed by atoms with Crippen LogP contribution in [0.15, 0.2) is 48.5 Å². The molecule has 0 spiro atoms. The summed E-state index contributed by atoms with van der Waals surface area (Å²) in [6.45, 7) is 9.01. The van der Waals surface area contributed by atoms with E-state index in [0.717, 1.165) is 0 Å². The van der Waals surface area contributed by atoms with Crippen LogP contribution in [0.25, 0.3) is 0 Å². The lowest BCUT2D eigenvalue weighted by atomic mass is 10.0. The first-order valence-corrected chi connectivity index (χ1v) is 10.3. The zero-order valence-electron chi connectivity index (χ0n) is 18.2. The summed E-state index contributed by atoms with van der Waals surface area (Å²) in [5.41, 5.74) is 2.44. The van der Waals surface area contributed by atoms with Gasteiger partial charge in [0.15, 0.2) is 13.2 Å². The van der Waals surface area contributed by atoms with Crippen LogP contribution in [0.1, 0.15) is 50.7 Å². The molecule has 6 heteroatoms. The third-order valence-electron chi connectivity index (χ3n) is 4.60. The third kappa shape index (κ3) is 8.15. The minimum absolute atomic E-state index is 0.0650. The Morgan fingerprint density at radius 2 is 1.00 bits per heavy atom. The maximum absolute atomic E-state index is 11.8. The Hall–Kier alpha value is -3.02. The molecule has 6 nitrogen and oxygen atoms in total. The van der Waals surface area contributed by atoms with Crippen LogP contribution in [0.3, 0.4) is 0 Å². The van der Waals surface area contributed by atoms with Gasteiger partial charge < -0.3 is 20.1 Å². The van der Waals surface area contributed by atoms with Crippen molar-refractivity contribution in [3.63, 3.8) is 0 Å². The molecular formula is C24H32N2O4. The lowest BCUT2D eigenvalue weighted by Crippen LogP contribution is -2.38. The number of rotatable bonds is 11. The Balaban J connectivity index is 1.57. The average molecular weight is 413 g/mol. The second-order valence-electron chi connectivity index (χ2n) is 7.72. The summed E-state index contributed by atoms with van der Waals surface area (Å²) in [7, 11) is 0. The van der Waals surface area contributed by atoms with Crippen LogP contribution in [0, 0.1) is 0 Å². The maximum Gasteiger partial charge on any atom is 0.258 e. The van der Waals surface area contributed by atoms with Crippen molar-refractivity contribution in [2.75, 3.05) is 26.3 Å². The fourth-order valence-corrected chi connectivity index (χ4v) is 2.70. The molecule has 0 unspecified atom stereocenters. The maximum atomic E-state index is 11.8. The standard InChI is InChI=1S/C24H32N2O4/c1-17(2)19-5-9-21(10-6-19)29-15-23(27)25-13-14-26-24(28)16-30-22-11-7-20(8-12-22)18(3)4/h5-12,17-18H,13-16H2,1-4H3,(H,25,27)(H,26,28). The molecule has 0 fully saturated rings. The van der Waals surface area contributed by atoms with Crippen molar-refractivity contribution in [3.8, 4) is 11.5 Å². The van der Waals surface area contributed by atoms with Gasteiger partial charge in [-0.1, -0.05) is 52.0 Å². The molecule has 0 saturated heterocycles. The molecule has 162 valence electrons. The van der Waals surface area contributed by atoms with Gasteiger partial charge in [-0.05, 0) is 47.2 Å². The molecule has 2 rings (SSSR count). The van der Waals surface area contributed by atoms with Crippen LogP contribution >= 0.6 is 0 Å². The van der Waals surface area contributed by atoms with E-state index in [9.17, 15) is 9.59 Å². The smallest absolute Gasteiger partial charge is 0.258 e. The Labute approximate surface area is 179 Å². The predicted octanol–water partition coefficient (Wildman–Crippen LogP) is 3.62. The van der Waals surface area contributed by atoms with E-state index in [1.807, 2.05) is 48.5 Å². The van der Waals surface area contributed by atoms with Gasteiger partial charge in [-0.15, -0.1) is 0 Å². The van der Waals surface area contributed by atoms with E-state index in [1.54, 1.807) is 0 Å². The largest absolute Gasteiger partial charge is 0.484 e. The molecule has 0 atom stereocenters. The van der Waals surface area contributed by atoms with Crippen molar-refractivity contribution < 1.29 is 19.1 Å². The zero-order chi connectivity index (χ0) is 21.9. The Kier molecular flexibility index (Phi) is 9.19. The molecule has 30 heavy (non-hydrogen) atoms. The number of ether oxygens (including phenoxy) is 2. The van der Waals surface area contributed by atoms with Gasteiger partial charge in [-0.25, -0.2) is 0 Å². The molecule has 0 radical (unpaired) electrons. The zero-order valence-corrected chi connectivity index (χ0v) is 18.2. The van der Waals surface area contributed by atoms with E-state index in [4.69, 9.17) is 9.47 Å². The summed E-state index contributed by atoms with van der Waals surface area (Å²) >= 11 is 0. The van der Waals surface area contributed by atoms with Gasteiger partial charge in [-0.2, -0.15) is 0 Å². The molecule has 2 aromatic carbocycles. The third-order valence-corrected chi connectivity index (χ3v) is 4.60. The topological polar surface area (TPSA) is 76.7 Å². The number of nitrogens with one attached hydrogen (secondary N) is 2. The Morgan fingerprint density at radius 1 is 0.667 bits per heavy atom. The summed E-state index contributed by atoms with van der Waals surface area (Å²) in [6, 6.07) is 15.4. The van der Waals surface area contributed by atoms with E-state index < -0.39 is 0 Å². The fourth-order valence-electron chi connectivity index (χ4n) is 2.70. The van der Waals surface area contributed by atoms with E-state index >= 15 is 0 Å². The van der Waals surface area contributed by atoms with Crippen LogP contribution < -0.4 is 20.1 Å². The van der Waals surface area contributed by atoms with Gasteiger partial charge >= 0.3 is 0 Å². The second-order valence-corrected chi connectivity index (χ2v) is 7.72. The van der Waals surface area contributed by atoms with Gasteiger partial charge in [0.05, 0.1) is 0 Å². The van der Waals surface area contributed by atoms with Gasteiger partial charge in [0.25, 0.3) is 11.8 Å². The van der Waals surface area contributed by atoms with Crippen LogP contribution in [-0.4, -0.2) is 38.1 Å². The monoisotopic (exact) mass is 412 g/mol. The number of benzene rings is 2. The molecule has 2 N–H and O–H groups in total. The Bertz CT molecular complexity index is 729. The van der Waals surface area contributed by atoms with E-state index in [0.29, 0.717) is 36.4 Å². The number of hydrogen-bond acceptors (Lipinski definition) is 4. The summed E-state index contributed by atoms with van der Waals surface area (Å²) in [5, 5.41) is 5.42. The number of hydrogen-bond donors (Lipinski definition) is 2. The van der Waals surface area contributed by atoms with Crippen molar-refractivity contribution in [1.82, 2.24) is 10.6 Å². The quantitative estimate of drug-likeness (QED) is 0.553. The molecule has 0 heterocycles. The van der Waals surface area contributed by atoms with Crippen LogP contribution in [0.2, 0.25) is 0 Å². The molecule has 0 aliphatic carbocycles. The van der Waals surface area contributed by atoms with E-state index in [2.05, 4.69) is 38.3 Å². The lowest BCUT2D eigenvalue weighted by molar-refractivity contribution is -0.124. The molecule has 0 saturated carbocycles. The van der Waals surface area contributed by atoms with Crippen LogP contribution in [0.4, 0.5) is 0 Å². The SMILES string of the molecule is CC(C)c1ccc(OCC(=O)NCCNC(=O)COc2ccc(C(C)C)cc2)cc1. The van der Waals surface area contributed by atoms with Gasteiger partial charge in [0.1, 0.15) is 11.5 Å². The Morgan fingerprint density at radius 3 is 1.30 bits per heavy atom. The summed E-state index contributed by atoms with van der Waals surface area (Å²) in [6.07, 6.45) is 0. The number of amides is 2. The van der Waals surface area contributed by atoms with Crippen molar-refractivity contribution in [1.29, 1.82) is 0 Å². The highest BCUT2D eigenvalue weighted by Gasteiger charge is 2.06. The van der Waals surface area contributed by atoms with Crippen LogP contribution in [0.5, 0.6) is 11.5 Å². The molecule has 0 bridgehead atoms. The first-order chi connectivity index (χ1) is 14.3. The van der Waals surface area contributed by atoms with Gasteiger partial charge in [0.2, 0.25) is 0 Å². The molecule has 0 aliphatic heterocycles. The van der Waals surface area contributed by atoms with Crippen molar-refractivity contribution >= 4 is 11.8 Å². The molecule has 2 aromatic rings. The highest BCUT2D eigenvalue weighted by Crippen LogP contribution is 2.19. The minimum Gasteiger partial charge on any atom is -0.484 e. The first kappa shape index (κ1) is 23.3. The number of carbonyl (C=O) groups excluding carboxylic acids is 2. The second kappa shape index (κ2) is 11.9. The molecule has 0 aliphatic rings. The van der Waals surface area contributed by atoms with Crippen molar-refractivity contribution in [2.45, 2.75) is 39.5 Å². The molecule has 0 aromatic heterocycles. The van der Waals surface area contributed by atoms with Gasteiger partial charge in [-0.3, -0.25) is 9.59 Å². The summed E-state index contributed by atoms with van der Waals surface area (Å²) in [4.78, 5) is 23.7.